The Morgan fingerprint density at radius 2 is 1.55 bits per heavy atom. The zero-order chi connectivity index (χ0) is 51.4. The molecule has 1 unspecified atom stereocenters. The van der Waals surface area contributed by atoms with Gasteiger partial charge in [0.15, 0.2) is 0 Å². The molecule has 1 saturated carbocycles. The minimum absolute atomic E-state index is 0.0896. The standard InChI is InChI=1S/C52H60BrN12O8P/c1-60-28-34(25-55-60)38-23-42(57-52-54-26-40(53)48(59-52)56-41-10-7-33(32-5-6-32)21-46(41)74(70,72-3)73-4)45(71-2)24-44(38)63-19-17-61(18-20-63)27-31-13-15-62(16-14-31)36-29-64(30-36)35-8-9-37-39(22-35)51(69)65(50(37)68)43-11-12-47(66)58-49(43)67/h7-10,21-26,28,31-32,36,43H,5-6,11-20,27,29-30H2,1-4H3,(H,58,66,67)(H2,54,56,57,59). The molecule has 388 valence electrons. The van der Waals surface area contributed by atoms with E-state index in [-0.39, 0.29) is 12.8 Å². The molecule has 74 heavy (non-hydrogen) atoms. The highest BCUT2D eigenvalue weighted by Crippen LogP contribution is 2.50. The van der Waals surface area contributed by atoms with Gasteiger partial charge in [-0.3, -0.25) is 48.4 Å². The van der Waals surface area contributed by atoms with Crippen LogP contribution in [-0.4, -0.2) is 150 Å². The van der Waals surface area contributed by atoms with E-state index < -0.39 is 37.3 Å². The summed E-state index contributed by atoms with van der Waals surface area (Å²) in [7, 11) is 2.73. The van der Waals surface area contributed by atoms with Crippen LogP contribution in [0.15, 0.2) is 71.6 Å². The number of hydrogen-bond acceptors (Lipinski definition) is 17. The number of piperidine rings is 2. The number of rotatable bonds is 16. The molecule has 1 aliphatic carbocycles. The molecule has 7 heterocycles. The molecular formula is C52H60BrN12O8P. The molecule has 0 radical (unpaired) electrons. The summed E-state index contributed by atoms with van der Waals surface area (Å²) in [4.78, 5) is 71.2. The highest BCUT2D eigenvalue weighted by Gasteiger charge is 2.45. The van der Waals surface area contributed by atoms with E-state index in [0.29, 0.717) is 67.7 Å². The molecule has 3 N–H and O–H groups in total. The van der Waals surface area contributed by atoms with Crippen LogP contribution in [0.5, 0.6) is 5.75 Å². The van der Waals surface area contributed by atoms with Crippen molar-refractivity contribution in [2.24, 2.45) is 13.0 Å². The molecular weight excluding hydrogens is 1030 g/mol. The van der Waals surface area contributed by atoms with Gasteiger partial charge in [-0.05, 0) is 115 Å². The van der Waals surface area contributed by atoms with Crippen molar-refractivity contribution in [3.05, 3.63) is 88.3 Å². The quantitative estimate of drug-likeness (QED) is 0.0737. The summed E-state index contributed by atoms with van der Waals surface area (Å²) in [6, 6.07) is 14.8. The summed E-state index contributed by atoms with van der Waals surface area (Å²) in [5, 5.41) is 14.0. The molecule has 5 aliphatic heterocycles. The van der Waals surface area contributed by atoms with Crippen molar-refractivity contribution in [3.8, 4) is 16.9 Å². The van der Waals surface area contributed by atoms with Crippen LogP contribution in [0.2, 0.25) is 0 Å². The lowest BCUT2D eigenvalue weighted by molar-refractivity contribution is -0.136. The van der Waals surface area contributed by atoms with Crippen molar-refractivity contribution in [1.82, 2.24) is 39.8 Å². The number of carbonyl (C=O) groups is 4. The molecule has 6 aliphatic rings. The van der Waals surface area contributed by atoms with Gasteiger partial charge < -0.3 is 34.2 Å². The zero-order valence-corrected chi connectivity index (χ0v) is 44.4. The number of amides is 4. The third kappa shape index (κ3) is 9.81. The first-order valence-electron chi connectivity index (χ1n) is 25.2. The van der Waals surface area contributed by atoms with Gasteiger partial charge in [-0.15, -0.1) is 0 Å². The molecule has 5 fully saturated rings. The Labute approximate surface area is 437 Å². The van der Waals surface area contributed by atoms with Crippen LogP contribution in [0.4, 0.5) is 34.5 Å². The number of nitrogens with zero attached hydrogens (tertiary/aromatic N) is 9. The topological polar surface area (TPSA) is 209 Å². The van der Waals surface area contributed by atoms with E-state index in [1.54, 1.807) is 30.1 Å². The van der Waals surface area contributed by atoms with Gasteiger partial charge in [0, 0.05) is 121 Å². The van der Waals surface area contributed by atoms with Gasteiger partial charge >= 0.3 is 7.60 Å². The van der Waals surface area contributed by atoms with Crippen molar-refractivity contribution >= 4 is 87.0 Å². The number of hydrogen-bond donors (Lipinski definition) is 3. The zero-order valence-electron chi connectivity index (χ0n) is 41.9. The fourth-order valence-electron chi connectivity index (χ4n) is 11.1. The van der Waals surface area contributed by atoms with E-state index in [9.17, 15) is 23.7 Å². The largest absolute Gasteiger partial charge is 0.494 e. The Bertz CT molecular complexity index is 3070. The van der Waals surface area contributed by atoms with Crippen LogP contribution in [0, 0.1) is 5.92 Å². The van der Waals surface area contributed by atoms with Crippen molar-refractivity contribution in [1.29, 1.82) is 0 Å². The average molecular weight is 1090 g/mol. The van der Waals surface area contributed by atoms with E-state index >= 15 is 0 Å². The number of piperazine rings is 1. The Balaban J connectivity index is 0.705. The molecule has 0 spiro atoms. The smallest absolute Gasteiger partial charge is 0.362 e. The maximum absolute atomic E-state index is 13.8. The minimum Gasteiger partial charge on any atom is -0.494 e. The second-order valence-electron chi connectivity index (χ2n) is 20.0. The van der Waals surface area contributed by atoms with E-state index in [0.717, 1.165) is 118 Å². The summed E-state index contributed by atoms with van der Waals surface area (Å²) >= 11 is 3.61. The van der Waals surface area contributed by atoms with E-state index in [4.69, 9.17) is 18.8 Å². The first kappa shape index (κ1) is 50.0. The van der Waals surface area contributed by atoms with Gasteiger partial charge in [0.05, 0.1) is 45.6 Å². The van der Waals surface area contributed by atoms with Crippen LogP contribution in [-0.2, 0) is 30.2 Å². The first-order chi connectivity index (χ1) is 35.8. The van der Waals surface area contributed by atoms with Gasteiger partial charge in [0.25, 0.3) is 11.8 Å². The molecule has 20 nitrogen and oxygen atoms in total. The fraction of sp³-hybridized carbons (Fsp3) is 0.442. The summed E-state index contributed by atoms with van der Waals surface area (Å²) in [6.07, 6.45) is 10.2. The Morgan fingerprint density at radius 3 is 2.24 bits per heavy atom. The van der Waals surface area contributed by atoms with E-state index in [1.807, 2.05) is 43.7 Å². The highest BCUT2D eigenvalue weighted by molar-refractivity contribution is 9.10. The number of imide groups is 2. The molecule has 4 saturated heterocycles. The summed E-state index contributed by atoms with van der Waals surface area (Å²) in [5.74, 6) is 0.492. The first-order valence-corrected chi connectivity index (χ1v) is 27.6. The van der Waals surface area contributed by atoms with Crippen LogP contribution in [0.3, 0.4) is 0 Å². The van der Waals surface area contributed by atoms with Gasteiger partial charge in [-0.1, -0.05) is 6.07 Å². The number of aryl methyl sites for hydroxylation is 1. The highest BCUT2D eigenvalue weighted by atomic mass is 79.9. The molecule has 4 amide bonds. The number of halogens is 1. The van der Waals surface area contributed by atoms with E-state index in [1.165, 1.54) is 14.2 Å². The minimum atomic E-state index is -3.62. The number of anilines is 6. The third-order valence-corrected chi connectivity index (χ3v) is 18.0. The lowest BCUT2D eigenvalue weighted by Gasteiger charge is -2.49. The summed E-state index contributed by atoms with van der Waals surface area (Å²) in [5.41, 5.74) is 6.85. The second kappa shape index (κ2) is 20.5. The number of methoxy groups -OCH3 is 1. The Kier molecular flexibility index (Phi) is 13.8. The number of carbonyl (C=O) groups excluding carboxylic acids is 4. The molecule has 11 rings (SSSR count). The van der Waals surface area contributed by atoms with Crippen LogP contribution < -0.4 is 35.8 Å². The molecule has 5 aromatic rings. The van der Waals surface area contributed by atoms with Gasteiger partial charge in [-0.2, -0.15) is 10.1 Å². The normalized spacial score (nSPS) is 20.2. The van der Waals surface area contributed by atoms with Gasteiger partial charge in [0.1, 0.15) is 17.6 Å². The lowest BCUT2D eigenvalue weighted by atomic mass is 9.93. The molecule has 2 aromatic heterocycles. The Morgan fingerprint density at radius 1 is 0.797 bits per heavy atom. The lowest BCUT2D eigenvalue weighted by Crippen LogP contribution is -2.61. The summed E-state index contributed by atoms with van der Waals surface area (Å²) in [6.45, 7) is 8.41. The van der Waals surface area contributed by atoms with Crippen molar-refractivity contribution in [2.75, 3.05) is 101 Å². The third-order valence-electron chi connectivity index (χ3n) is 15.5. The van der Waals surface area contributed by atoms with Crippen LogP contribution >= 0.6 is 23.5 Å². The number of fused-ring (bicyclic) bond motifs is 1. The second-order valence-corrected chi connectivity index (χ2v) is 23.1. The van der Waals surface area contributed by atoms with Crippen molar-refractivity contribution < 1.29 is 37.5 Å². The van der Waals surface area contributed by atoms with Crippen LogP contribution in [0.25, 0.3) is 11.1 Å². The Hall–Kier alpha value is -6.22. The number of likely N-dealkylation sites (tertiary alicyclic amines) is 1. The van der Waals surface area contributed by atoms with Gasteiger partial charge in [0.2, 0.25) is 17.8 Å². The number of ether oxygens (including phenoxy) is 1. The van der Waals surface area contributed by atoms with Crippen molar-refractivity contribution in [2.45, 2.75) is 56.5 Å². The maximum atomic E-state index is 13.8. The molecule has 0 bridgehead atoms. The number of aromatic nitrogens is 4. The SMILES string of the molecule is COc1cc(N2CCN(CC3CCN(C4CN(c5ccc6c(c5)C(=O)N(C5CCC(=O)NC5=O)C6=O)C4)CC3)CC2)c(-c2cnn(C)c2)cc1Nc1ncc(Br)c(Nc2ccc(C3CC3)cc2P(=O)(OC)OC)n1. The van der Waals surface area contributed by atoms with Gasteiger partial charge in [-0.25, -0.2) is 4.98 Å². The monoisotopic (exact) mass is 1090 g/mol. The average Bonchev–Trinajstić information content (AvgIpc) is 4.11. The molecule has 22 heteroatoms. The summed E-state index contributed by atoms with van der Waals surface area (Å²) < 4.78 is 33.1. The predicted molar refractivity (Wildman–Crippen MR) is 283 cm³/mol. The van der Waals surface area contributed by atoms with E-state index in [2.05, 4.69) is 73.7 Å². The van der Waals surface area contributed by atoms with Crippen LogP contribution in [0.1, 0.15) is 70.7 Å². The predicted octanol–water partition coefficient (Wildman–Crippen LogP) is 6.25. The number of nitrogens with one attached hydrogen (secondary N) is 3. The van der Waals surface area contributed by atoms with Crippen molar-refractivity contribution in [3.63, 3.8) is 0 Å². The number of benzene rings is 3. The molecule has 3 aromatic carbocycles. The maximum Gasteiger partial charge on any atom is 0.362 e. The molecule has 1 atom stereocenters. The fourth-order valence-corrected chi connectivity index (χ4v) is 12.6.